The summed E-state index contributed by atoms with van der Waals surface area (Å²) in [6.07, 6.45) is 0. The van der Waals surface area contributed by atoms with Gasteiger partial charge in [-0.05, 0) is 18.2 Å². The summed E-state index contributed by atoms with van der Waals surface area (Å²) < 4.78 is 11.6. The van der Waals surface area contributed by atoms with Crippen molar-refractivity contribution in [2.75, 3.05) is 17.8 Å². The van der Waals surface area contributed by atoms with E-state index in [4.69, 9.17) is 5.84 Å². The lowest BCUT2D eigenvalue weighted by molar-refractivity contribution is 0.0953. The number of hydrogen-bond acceptors (Lipinski definition) is 5. The number of nitrogens with one attached hydrogen (secondary N) is 1. The number of nitrogen functional groups attached to an aromatic ring is 1. The summed E-state index contributed by atoms with van der Waals surface area (Å²) in [5.74, 6) is 5.13. The smallest absolute Gasteiger partial charge is 0.265 e. The van der Waals surface area contributed by atoms with E-state index in [0.29, 0.717) is 16.3 Å². The van der Waals surface area contributed by atoms with Gasteiger partial charge in [0.05, 0.1) is 27.3 Å². The fourth-order valence-electron chi connectivity index (χ4n) is 1.55. The SMILES string of the molecule is CN1CS(=O)c2cc(C(=O)NN)ccc21.N.O. The molecular weight excluding hydrogens is 244 g/mol. The highest BCUT2D eigenvalue weighted by Crippen LogP contribution is 2.30. The predicted molar refractivity (Wildman–Crippen MR) is 66.4 cm³/mol. The molecule has 8 N–H and O–H groups in total. The normalized spacial score (nSPS) is 16.6. The molecule has 1 unspecified atom stereocenters. The van der Waals surface area contributed by atoms with Crippen molar-refractivity contribution in [3.8, 4) is 0 Å². The standard InChI is InChI=1S/C9H11N3O2S.H3N.H2O/c1-12-5-15(14)8-4-6(9(13)11-10)2-3-7(8)12;;/h2-4H,5,10H2,1H3,(H,11,13);1H3;1H2. The Bertz CT molecular complexity index is 452. The van der Waals surface area contributed by atoms with Gasteiger partial charge in [0.1, 0.15) is 0 Å². The van der Waals surface area contributed by atoms with Crippen molar-refractivity contribution in [2.45, 2.75) is 4.90 Å². The number of fused-ring (bicyclic) bond motifs is 1. The van der Waals surface area contributed by atoms with Crippen LogP contribution < -0.4 is 22.3 Å². The highest BCUT2D eigenvalue weighted by Gasteiger charge is 2.23. The molecule has 0 bridgehead atoms. The van der Waals surface area contributed by atoms with Crippen LogP contribution in [0, 0.1) is 0 Å². The van der Waals surface area contributed by atoms with Gasteiger partial charge in [0.2, 0.25) is 0 Å². The Kier molecular flexibility index (Phi) is 5.23. The average Bonchev–Trinajstić information content (AvgIpc) is 2.53. The van der Waals surface area contributed by atoms with Crippen molar-refractivity contribution in [2.24, 2.45) is 5.84 Å². The molecule has 2 rings (SSSR count). The van der Waals surface area contributed by atoms with Crippen molar-refractivity contribution < 1.29 is 14.5 Å². The molecule has 1 aromatic carbocycles. The average molecular weight is 260 g/mol. The molecule has 0 saturated carbocycles. The second-order valence-electron chi connectivity index (χ2n) is 3.33. The van der Waals surface area contributed by atoms with E-state index in [9.17, 15) is 9.00 Å². The van der Waals surface area contributed by atoms with E-state index >= 15 is 0 Å². The van der Waals surface area contributed by atoms with Crippen LogP contribution in [-0.4, -0.2) is 28.5 Å². The summed E-state index contributed by atoms with van der Waals surface area (Å²) in [6.45, 7) is 0. The van der Waals surface area contributed by atoms with Gasteiger partial charge in [0, 0.05) is 12.6 Å². The molecule has 1 heterocycles. The van der Waals surface area contributed by atoms with Crippen LogP contribution in [-0.2, 0) is 10.8 Å². The summed E-state index contributed by atoms with van der Waals surface area (Å²) >= 11 is 0. The molecule has 1 aliphatic heterocycles. The number of hydrazine groups is 1. The van der Waals surface area contributed by atoms with Gasteiger partial charge in [-0.3, -0.25) is 14.4 Å². The minimum atomic E-state index is -1.05. The summed E-state index contributed by atoms with van der Waals surface area (Å²) in [7, 11) is 0.816. The zero-order valence-electron chi connectivity index (χ0n) is 9.40. The van der Waals surface area contributed by atoms with Gasteiger partial charge in [-0.25, -0.2) is 5.84 Å². The third-order valence-electron chi connectivity index (χ3n) is 2.32. The van der Waals surface area contributed by atoms with E-state index in [1.165, 1.54) is 0 Å². The van der Waals surface area contributed by atoms with Gasteiger partial charge < -0.3 is 16.5 Å². The lowest BCUT2D eigenvalue weighted by atomic mass is 10.2. The summed E-state index contributed by atoms with van der Waals surface area (Å²) in [5, 5.41) is 0. The topological polar surface area (TPSA) is 142 Å². The van der Waals surface area contributed by atoms with Crippen LogP contribution in [0.25, 0.3) is 0 Å². The first-order chi connectivity index (χ1) is 7.13. The van der Waals surface area contributed by atoms with E-state index in [-0.39, 0.29) is 17.5 Å². The number of carbonyl (C=O) groups is 1. The van der Waals surface area contributed by atoms with Crippen LogP contribution in [0.1, 0.15) is 10.4 Å². The number of carbonyl (C=O) groups excluding carboxylic acids is 1. The number of rotatable bonds is 1. The Morgan fingerprint density at radius 3 is 2.76 bits per heavy atom. The number of benzene rings is 1. The van der Waals surface area contributed by atoms with E-state index in [2.05, 4.69) is 0 Å². The predicted octanol–water partition coefficient (Wildman–Crippen LogP) is -0.858. The molecule has 1 amide bonds. The van der Waals surface area contributed by atoms with Crippen LogP contribution in [0.4, 0.5) is 5.69 Å². The molecule has 96 valence electrons. The van der Waals surface area contributed by atoms with Crippen LogP contribution >= 0.6 is 0 Å². The maximum atomic E-state index is 11.6. The van der Waals surface area contributed by atoms with Gasteiger partial charge in [-0.15, -0.1) is 0 Å². The number of nitrogens with zero attached hydrogens (tertiary/aromatic N) is 1. The van der Waals surface area contributed by atoms with Crippen LogP contribution in [0.15, 0.2) is 23.1 Å². The Morgan fingerprint density at radius 2 is 2.18 bits per heavy atom. The second kappa shape index (κ2) is 5.73. The van der Waals surface area contributed by atoms with Crippen LogP contribution in [0.3, 0.4) is 0 Å². The highest BCUT2D eigenvalue weighted by atomic mass is 32.2. The summed E-state index contributed by atoms with van der Waals surface area (Å²) in [4.78, 5) is 13.8. The minimum Gasteiger partial charge on any atom is -0.412 e. The van der Waals surface area contributed by atoms with E-state index in [1.54, 1.807) is 18.2 Å². The molecule has 0 radical (unpaired) electrons. The molecule has 0 aliphatic carbocycles. The van der Waals surface area contributed by atoms with Gasteiger partial charge in [0.25, 0.3) is 5.91 Å². The van der Waals surface area contributed by atoms with E-state index < -0.39 is 10.8 Å². The first kappa shape index (κ1) is 15.5. The largest absolute Gasteiger partial charge is 0.412 e. The Hall–Kier alpha value is -1.48. The van der Waals surface area contributed by atoms with Gasteiger partial charge in [-0.2, -0.15) is 0 Å². The molecule has 0 fully saturated rings. The lowest BCUT2D eigenvalue weighted by Gasteiger charge is -2.09. The lowest BCUT2D eigenvalue weighted by Crippen LogP contribution is -2.29. The maximum Gasteiger partial charge on any atom is 0.265 e. The monoisotopic (exact) mass is 260 g/mol. The zero-order valence-corrected chi connectivity index (χ0v) is 10.2. The molecule has 1 atom stereocenters. The molecule has 0 spiro atoms. The molecule has 0 aromatic heterocycles. The Morgan fingerprint density at radius 1 is 1.53 bits per heavy atom. The number of anilines is 1. The third-order valence-corrected chi connectivity index (χ3v) is 3.76. The zero-order chi connectivity index (χ0) is 11.0. The van der Waals surface area contributed by atoms with Gasteiger partial charge in [-0.1, -0.05) is 0 Å². The fourth-order valence-corrected chi connectivity index (χ4v) is 2.90. The molecule has 17 heavy (non-hydrogen) atoms. The van der Waals surface area contributed by atoms with E-state index in [0.717, 1.165) is 5.69 Å². The van der Waals surface area contributed by atoms with Crippen molar-refractivity contribution in [3.05, 3.63) is 23.8 Å². The first-order valence-corrected chi connectivity index (χ1v) is 5.70. The molecule has 1 aliphatic rings. The van der Waals surface area contributed by atoms with Crippen LogP contribution in [0.5, 0.6) is 0 Å². The molecule has 7 nitrogen and oxygen atoms in total. The Labute approximate surface area is 101 Å². The molecule has 1 aromatic rings. The van der Waals surface area contributed by atoms with Crippen molar-refractivity contribution in [3.63, 3.8) is 0 Å². The maximum absolute atomic E-state index is 11.6. The third kappa shape index (κ3) is 2.61. The van der Waals surface area contributed by atoms with Crippen molar-refractivity contribution >= 4 is 22.4 Å². The first-order valence-electron chi connectivity index (χ1n) is 4.38. The molecule has 0 saturated heterocycles. The summed E-state index contributed by atoms with van der Waals surface area (Å²) in [6, 6.07) is 5.07. The van der Waals surface area contributed by atoms with Gasteiger partial charge in [0.15, 0.2) is 0 Å². The van der Waals surface area contributed by atoms with E-state index in [1.807, 2.05) is 17.4 Å². The minimum absolute atomic E-state index is 0. The summed E-state index contributed by atoms with van der Waals surface area (Å²) in [5.41, 5.74) is 3.38. The quantitative estimate of drug-likeness (QED) is 0.342. The second-order valence-corrected chi connectivity index (χ2v) is 4.72. The number of nitrogens with two attached hydrogens (primary N) is 1. The van der Waals surface area contributed by atoms with Gasteiger partial charge >= 0.3 is 0 Å². The van der Waals surface area contributed by atoms with Crippen LogP contribution in [0.2, 0.25) is 0 Å². The number of hydrogen-bond donors (Lipinski definition) is 3. The number of amides is 1. The Balaban J connectivity index is 0.00000128. The van der Waals surface area contributed by atoms with Crippen molar-refractivity contribution in [1.29, 1.82) is 0 Å². The molecular formula is C9H16N4O3S. The van der Waals surface area contributed by atoms with Crippen molar-refractivity contribution in [1.82, 2.24) is 11.6 Å². The fraction of sp³-hybridized carbons (Fsp3) is 0.222. The molecule has 8 heteroatoms. The highest BCUT2D eigenvalue weighted by molar-refractivity contribution is 7.85.